The molecule has 2 aromatic carbocycles. The Morgan fingerprint density at radius 2 is 1.82 bits per heavy atom. The van der Waals surface area contributed by atoms with Crippen molar-refractivity contribution in [1.82, 2.24) is 9.47 Å². The van der Waals surface area contributed by atoms with Crippen LogP contribution in [-0.4, -0.2) is 48.1 Å². The molecule has 0 bridgehead atoms. The van der Waals surface area contributed by atoms with E-state index in [4.69, 9.17) is 4.42 Å². The molecule has 0 saturated carbocycles. The first-order valence-electron chi connectivity index (χ1n) is 9.52. The zero-order chi connectivity index (χ0) is 19.5. The fraction of sp³-hybridized carbons (Fsp3) is 0.333. The summed E-state index contributed by atoms with van der Waals surface area (Å²) >= 11 is 0. The average Bonchev–Trinajstić information content (AvgIpc) is 3.00. The number of benzene rings is 2. The van der Waals surface area contributed by atoms with E-state index in [1.165, 1.54) is 10.3 Å². The number of hydrogen-bond donors (Lipinski definition) is 1. The van der Waals surface area contributed by atoms with Crippen molar-refractivity contribution in [2.75, 3.05) is 42.9 Å². The molecule has 1 aliphatic rings. The highest BCUT2D eigenvalue weighted by Gasteiger charge is 2.17. The molecule has 1 N–H and O–H groups in total. The highest BCUT2D eigenvalue weighted by molar-refractivity contribution is 5.92. The molecule has 7 nitrogen and oxygen atoms in total. The number of carbonyl (C=O) groups excluding carboxylic acids is 1. The number of nitrogens with zero attached hydrogens (tertiary/aromatic N) is 3. The minimum atomic E-state index is -0.409. The number of anilines is 2. The van der Waals surface area contributed by atoms with E-state index in [2.05, 4.69) is 39.4 Å². The first-order valence-corrected chi connectivity index (χ1v) is 9.52. The van der Waals surface area contributed by atoms with Crippen molar-refractivity contribution in [3.05, 3.63) is 59.1 Å². The lowest BCUT2D eigenvalue weighted by Gasteiger charge is -2.36. The summed E-state index contributed by atoms with van der Waals surface area (Å²) in [6.07, 6.45) is 0.433. The largest absolute Gasteiger partial charge is 0.419 e. The first kappa shape index (κ1) is 18.3. The minimum absolute atomic E-state index is 0.0388. The van der Waals surface area contributed by atoms with E-state index in [1.807, 2.05) is 6.07 Å². The third kappa shape index (κ3) is 3.94. The zero-order valence-electron chi connectivity index (χ0n) is 15.9. The maximum Gasteiger partial charge on any atom is 0.419 e. The molecule has 0 radical (unpaired) electrons. The SMILES string of the molecule is Cn1c(=O)oc2cc(NC(=O)CCN3CCN(c4ccccc4)CC3)ccc21. The number of para-hydroxylation sites is 1. The summed E-state index contributed by atoms with van der Waals surface area (Å²) in [5.74, 6) is -0.448. The Morgan fingerprint density at radius 1 is 1.07 bits per heavy atom. The van der Waals surface area contributed by atoms with Gasteiger partial charge in [0.1, 0.15) is 0 Å². The van der Waals surface area contributed by atoms with Crippen LogP contribution in [-0.2, 0) is 11.8 Å². The molecule has 1 saturated heterocycles. The third-order valence-electron chi connectivity index (χ3n) is 5.22. The van der Waals surface area contributed by atoms with Crippen molar-refractivity contribution in [1.29, 1.82) is 0 Å². The van der Waals surface area contributed by atoms with E-state index in [9.17, 15) is 9.59 Å². The van der Waals surface area contributed by atoms with Gasteiger partial charge in [0.15, 0.2) is 5.58 Å². The maximum atomic E-state index is 12.3. The molecule has 1 aromatic heterocycles. The second-order valence-electron chi connectivity index (χ2n) is 7.07. The van der Waals surface area contributed by atoms with Crippen molar-refractivity contribution in [3.63, 3.8) is 0 Å². The number of amides is 1. The molecule has 0 aliphatic carbocycles. The number of nitrogens with one attached hydrogen (secondary N) is 1. The van der Waals surface area contributed by atoms with Crippen molar-refractivity contribution in [3.8, 4) is 0 Å². The predicted molar refractivity (Wildman–Crippen MR) is 110 cm³/mol. The van der Waals surface area contributed by atoms with Crippen molar-refractivity contribution < 1.29 is 9.21 Å². The van der Waals surface area contributed by atoms with Gasteiger partial charge in [0.25, 0.3) is 0 Å². The summed E-state index contributed by atoms with van der Waals surface area (Å²) in [5, 5.41) is 2.89. The topological polar surface area (TPSA) is 70.7 Å². The second-order valence-corrected chi connectivity index (χ2v) is 7.07. The van der Waals surface area contributed by atoms with Gasteiger partial charge in [-0.15, -0.1) is 0 Å². The molecule has 0 spiro atoms. The molecule has 1 fully saturated rings. The summed E-state index contributed by atoms with van der Waals surface area (Å²) in [6, 6.07) is 15.7. The van der Waals surface area contributed by atoms with E-state index in [1.54, 1.807) is 25.2 Å². The number of fused-ring (bicyclic) bond motifs is 1. The summed E-state index contributed by atoms with van der Waals surface area (Å²) < 4.78 is 6.61. The van der Waals surface area contributed by atoms with Crippen LogP contribution in [0.2, 0.25) is 0 Å². The number of aryl methyl sites for hydroxylation is 1. The van der Waals surface area contributed by atoms with Gasteiger partial charge in [-0.1, -0.05) is 18.2 Å². The van der Waals surface area contributed by atoms with E-state index in [0.29, 0.717) is 23.2 Å². The summed E-state index contributed by atoms with van der Waals surface area (Å²) in [5.41, 5.74) is 3.07. The number of aromatic nitrogens is 1. The molecule has 1 aliphatic heterocycles. The summed E-state index contributed by atoms with van der Waals surface area (Å²) in [4.78, 5) is 28.6. The Bertz CT molecular complexity index is 1020. The van der Waals surface area contributed by atoms with E-state index >= 15 is 0 Å². The van der Waals surface area contributed by atoms with Gasteiger partial charge >= 0.3 is 5.76 Å². The molecule has 28 heavy (non-hydrogen) atoms. The quantitative estimate of drug-likeness (QED) is 0.735. The van der Waals surface area contributed by atoms with Crippen molar-refractivity contribution in [2.24, 2.45) is 7.05 Å². The number of oxazole rings is 1. The van der Waals surface area contributed by atoms with Gasteiger partial charge in [0.2, 0.25) is 5.91 Å². The molecule has 146 valence electrons. The van der Waals surface area contributed by atoms with Crippen LogP contribution >= 0.6 is 0 Å². The van der Waals surface area contributed by atoms with E-state index in [0.717, 1.165) is 32.7 Å². The highest BCUT2D eigenvalue weighted by atomic mass is 16.4. The third-order valence-corrected chi connectivity index (χ3v) is 5.22. The van der Waals surface area contributed by atoms with Crippen molar-refractivity contribution >= 4 is 28.4 Å². The van der Waals surface area contributed by atoms with Crippen LogP contribution < -0.4 is 16.0 Å². The second kappa shape index (κ2) is 7.90. The summed E-state index contributed by atoms with van der Waals surface area (Å²) in [6.45, 7) is 4.56. The van der Waals surface area contributed by atoms with Crippen LogP contribution in [0, 0.1) is 0 Å². The Kier molecular flexibility index (Phi) is 5.16. The smallest absolute Gasteiger partial charge is 0.408 e. The van der Waals surface area contributed by atoms with E-state index < -0.39 is 5.76 Å². The normalized spacial score (nSPS) is 15.1. The standard InChI is InChI=1S/C21H24N4O3/c1-23-18-8-7-16(15-19(18)28-21(23)27)22-20(26)9-10-24-11-13-25(14-12-24)17-5-3-2-4-6-17/h2-8,15H,9-14H2,1H3,(H,22,26). The lowest BCUT2D eigenvalue weighted by atomic mass is 10.2. The van der Waals surface area contributed by atoms with Crippen LogP contribution in [0.5, 0.6) is 0 Å². The Labute approximate surface area is 163 Å². The van der Waals surface area contributed by atoms with E-state index in [-0.39, 0.29) is 5.91 Å². The fourth-order valence-electron chi connectivity index (χ4n) is 3.56. The number of piperazine rings is 1. The average molecular weight is 380 g/mol. The lowest BCUT2D eigenvalue weighted by molar-refractivity contribution is -0.116. The molecule has 0 unspecified atom stereocenters. The van der Waals surface area contributed by atoms with Crippen LogP contribution in [0.4, 0.5) is 11.4 Å². The van der Waals surface area contributed by atoms with Crippen molar-refractivity contribution in [2.45, 2.75) is 6.42 Å². The van der Waals surface area contributed by atoms with Gasteiger partial charge in [-0.2, -0.15) is 0 Å². The Hall–Kier alpha value is -3.06. The zero-order valence-corrected chi connectivity index (χ0v) is 15.9. The molecule has 1 amide bonds. The van der Waals surface area contributed by atoms with Crippen LogP contribution in [0.15, 0.2) is 57.7 Å². The van der Waals surface area contributed by atoms with Crippen LogP contribution in [0.3, 0.4) is 0 Å². The molecular formula is C21H24N4O3. The number of carbonyl (C=O) groups is 1. The Morgan fingerprint density at radius 3 is 2.57 bits per heavy atom. The summed E-state index contributed by atoms with van der Waals surface area (Å²) in [7, 11) is 1.66. The number of hydrogen-bond acceptors (Lipinski definition) is 5. The maximum absolute atomic E-state index is 12.3. The molecule has 4 rings (SSSR count). The molecule has 2 heterocycles. The lowest BCUT2D eigenvalue weighted by Crippen LogP contribution is -2.47. The fourth-order valence-corrected chi connectivity index (χ4v) is 3.56. The monoisotopic (exact) mass is 380 g/mol. The molecule has 0 atom stereocenters. The van der Waals surface area contributed by atoms with Gasteiger partial charge in [0.05, 0.1) is 5.52 Å². The van der Waals surface area contributed by atoms with Gasteiger partial charge < -0.3 is 14.6 Å². The predicted octanol–water partition coefficient (Wildman–Crippen LogP) is 2.28. The van der Waals surface area contributed by atoms with Gasteiger partial charge in [-0.3, -0.25) is 14.3 Å². The van der Waals surface area contributed by atoms with Gasteiger partial charge in [-0.05, 0) is 24.3 Å². The molecule has 7 heteroatoms. The molecular weight excluding hydrogens is 356 g/mol. The minimum Gasteiger partial charge on any atom is -0.408 e. The van der Waals surface area contributed by atoms with Crippen LogP contribution in [0.25, 0.3) is 11.1 Å². The highest BCUT2D eigenvalue weighted by Crippen LogP contribution is 2.18. The van der Waals surface area contributed by atoms with Crippen LogP contribution in [0.1, 0.15) is 6.42 Å². The molecule has 3 aromatic rings. The van der Waals surface area contributed by atoms with Gasteiger partial charge in [0, 0.05) is 63.6 Å². The van der Waals surface area contributed by atoms with Gasteiger partial charge in [-0.25, -0.2) is 4.79 Å². The number of rotatable bonds is 5. The first-order chi connectivity index (χ1) is 13.6. The Balaban J connectivity index is 1.26.